The molecule has 0 amide bonds. The van der Waals surface area contributed by atoms with Crippen LogP contribution in [0.25, 0.3) is 0 Å². The molecular formula is C21H26F4N2O. The third kappa shape index (κ3) is 4.63. The molecule has 2 aromatic rings. The fourth-order valence-electron chi connectivity index (χ4n) is 3.73. The van der Waals surface area contributed by atoms with Gasteiger partial charge in [0.2, 0.25) is 0 Å². The van der Waals surface area contributed by atoms with Gasteiger partial charge in [0.15, 0.2) is 11.6 Å². The number of rotatable bonds is 6. The van der Waals surface area contributed by atoms with Crippen molar-refractivity contribution < 1.29 is 22.3 Å². The van der Waals surface area contributed by atoms with Crippen LogP contribution in [0, 0.1) is 19.7 Å². The number of halogens is 4. The maximum Gasteiger partial charge on any atom is 0.406 e. The standard InChI is InChI=1S/C21H26F4N2O/c1-13-9-14(2)27-15(10-13)11-20(26,21(23,24)25)12-19(3,4)16-7-6-8-17(22)18(16)28-5/h6-10H,11-12,26H2,1-5H3. The Balaban J connectivity index is 2.47. The van der Waals surface area contributed by atoms with E-state index < -0.39 is 35.8 Å². The fourth-order valence-corrected chi connectivity index (χ4v) is 3.73. The maximum atomic E-state index is 14.1. The molecule has 0 fully saturated rings. The highest BCUT2D eigenvalue weighted by molar-refractivity contribution is 5.40. The SMILES string of the molecule is COc1c(F)cccc1C(C)(C)CC(N)(Cc1cc(C)cc(C)n1)C(F)(F)F. The summed E-state index contributed by atoms with van der Waals surface area (Å²) in [6.45, 7) is 6.73. The number of nitrogens with zero attached hydrogens (tertiary/aromatic N) is 1. The number of methoxy groups -OCH3 is 1. The topological polar surface area (TPSA) is 48.1 Å². The molecule has 0 spiro atoms. The summed E-state index contributed by atoms with van der Waals surface area (Å²) in [5.74, 6) is -0.694. The van der Waals surface area contributed by atoms with Gasteiger partial charge < -0.3 is 10.5 Å². The maximum absolute atomic E-state index is 14.1. The zero-order chi connectivity index (χ0) is 21.3. The number of para-hydroxylation sites is 1. The van der Waals surface area contributed by atoms with E-state index in [0.717, 1.165) is 5.56 Å². The Bertz CT molecular complexity index is 829. The zero-order valence-corrected chi connectivity index (χ0v) is 16.7. The number of ether oxygens (including phenoxy) is 1. The van der Waals surface area contributed by atoms with Crippen LogP contribution in [-0.4, -0.2) is 23.8 Å². The molecular weight excluding hydrogens is 372 g/mol. The largest absolute Gasteiger partial charge is 0.493 e. The lowest BCUT2D eigenvalue weighted by Crippen LogP contribution is -2.58. The Hall–Kier alpha value is -2.15. The van der Waals surface area contributed by atoms with Crippen molar-refractivity contribution in [3.8, 4) is 5.75 Å². The molecule has 0 aliphatic carbocycles. The summed E-state index contributed by atoms with van der Waals surface area (Å²) < 4.78 is 61.3. The van der Waals surface area contributed by atoms with Gasteiger partial charge in [-0.1, -0.05) is 26.0 Å². The zero-order valence-electron chi connectivity index (χ0n) is 16.7. The van der Waals surface area contributed by atoms with Gasteiger partial charge in [0, 0.05) is 23.4 Å². The van der Waals surface area contributed by atoms with Gasteiger partial charge in [-0.3, -0.25) is 4.98 Å². The number of aromatic nitrogens is 1. The molecule has 28 heavy (non-hydrogen) atoms. The van der Waals surface area contributed by atoms with E-state index in [0.29, 0.717) is 11.3 Å². The third-order valence-corrected chi connectivity index (χ3v) is 4.87. The molecule has 154 valence electrons. The van der Waals surface area contributed by atoms with E-state index in [1.54, 1.807) is 45.9 Å². The van der Waals surface area contributed by atoms with E-state index in [9.17, 15) is 17.6 Å². The van der Waals surface area contributed by atoms with E-state index in [1.807, 2.05) is 0 Å². The monoisotopic (exact) mass is 398 g/mol. The number of alkyl halides is 3. The summed E-state index contributed by atoms with van der Waals surface area (Å²) in [6, 6.07) is 7.62. The summed E-state index contributed by atoms with van der Waals surface area (Å²) in [5, 5.41) is 0. The van der Waals surface area contributed by atoms with Gasteiger partial charge in [0.25, 0.3) is 0 Å². The van der Waals surface area contributed by atoms with Crippen LogP contribution < -0.4 is 10.5 Å². The molecule has 0 radical (unpaired) electrons. The Morgan fingerprint density at radius 1 is 1.11 bits per heavy atom. The molecule has 0 bridgehead atoms. The molecule has 1 aromatic heterocycles. The average Bonchev–Trinajstić information content (AvgIpc) is 2.51. The molecule has 1 heterocycles. The number of hydrogen-bond acceptors (Lipinski definition) is 3. The van der Waals surface area contributed by atoms with Gasteiger partial charge in [-0.05, 0) is 49.4 Å². The molecule has 2 N–H and O–H groups in total. The highest BCUT2D eigenvalue weighted by Crippen LogP contribution is 2.44. The Morgan fingerprint density at radius 3 is 2.29 bits per heavy atom. The predicted octanol–water partition coefficient (Wildman–Crippen LogP) is 5.02. The fraction of sp³-hybridized carbons (Fsp3) is 0.476. The van der Waals surface area contributed by atoms with Crippen molar-refractivity contribution in [3.63, 3.8) is 0 Å². The van der Waals surface area contributed by atoms with Crippen molar-refractivity contribution in [2.24, 2.45) is 5.73 Å². The lowest BCUT2D eigenvalue weighted by molar-refractivity contribution is -0.191. The first-order valence-electron chi connectivity index (χ1n) is 8.92. The van der Waals surface area contributed by atoms with Crippen LogP contribution in [-0.2, 0) is 11.8 Å². The smallest absolute Gasteiger partial charge is 0.406 e. The molecule has 7 heteroatoms. The van der Waals surface area contributed by atoms with E-state index in [1.165, 1.54) is 19.2 Å². The number of pyridine rings is 1. The molecule has 1 atom stereocenters. The number of hydrogen-bond donors (Lipinski definition) is 1. The first-order chi connectivity index (χ1) is 12.8. The molecule has 1 unspecified atom stereocenters. The second-order valence-electron chi connectivity index (χ2n) is 7.99. The quantitative estimate of drug-likeness (QED) is 0.696. The lowest BCUT2D eigenvalue weighted by Gasteiger charge is -2.39. The van der Waals surface area contributed by atoms with Crippen LogP contribution in [0.15, 0.2) is 30.3 Å². The molecule has 3 nitrogen and oxygen atoms in total. The summed E-state index contributed by atoms with van der Waals surface area (Å²) in [6.07, 6.45) is -5.61. The van der Waals surface area contributed by atoms with Crippen LogP contribution >= 0.6 is 0 Å². The average molecular weight is 398 g/mol. The predicted molar refractivity (Wildman–Crippen MR) is 101 cm³/mol. The first kappa shape index (κ1) is 22.1. The van der Waals surface area contributed by atoms with E-state index in [-0.39, 0.29) is 11.4 Å². The van der Waals surface area contributed by atoms with Crippen LogP contribution in [0.3, 0.4) is 0 Å². The van der Waals surface area contributed by atoms with Crippen LogP contribution in [0.2, 0.25) is 0 Å². The Labute approximate surface area is 162 Å². The van der Waals surface area contributed by atoms with Crippen LogP contribution in [0.5, 0.6) is 5.75 Å². The normalized spacial score (nSPS) is 14.6. The van der Waals surface area contributed by atoms with Gasteiger partial charge in [-0.2, -0.15) is 13.2 Å². The molecule has 1 aromatic carbocycles. The van der Waals surface area contributed by atoms with Crippen molar-refractivity contribution in [1.29, 1.82) is 0 Å². The third-order valence-electron chi connectivity index (χ3n) is 4.87. The molecule has 2 rings (SSSR count). The van der Waals surface area contributed by atoms with Crippen molar-refractivity contribution in [2.75, 3.05) is 7.11 Å². The molecule has 0 aliphatic rings. The van der Waals surface area contributed by atoms with Gasteiger partial charge in [0.05, 0.1) is 7.11 Å². The summed E-state index contributed by atoms with van der Waals surface area (Å²) >= 11 is 0. The first-order valence-corrected chi connectivity index (χ1v) is 8.92. The van der Waals surface area contributed by atoms with Crippen molar-refractivity contribution in [1.82, 2.24) is 4.98 Å². The van der Waals surface area contributed by atoms with Gasteiger partial charge in [-0.25, -0.2) is 4.39 Å². The van der Waals surface area contributed by atoms with Crippen molar-refractivity contribution in [3.05, 3.63) is 58.7 Å². The highest BCUT2D eigenvalue weighted by atomic mass is 19.4. The Kier molecular flexibility index (Phi) is 6.09. The molecule has 0 aliphatic heterocycles. The van der Waals surface area contributed by atoms with Crippen LogP contribution in [0.4, 0.5) is 17.6 Å². The summed E-state index contributed by atoms with van der Waals surface area (Å²) in [5.41, 5.74) is 4.38. The van der Waals surface area contributed by atoms with Crippen molar-refractivity contribution in [2.45, 2.75) is 57.7 Å². The van der Waals surface area contributed by atoms with Gasteiger partial charge >= 0.3 is 6.18 Å². The minimum Gasteiger partial charge on any atom is -0.493 e. The lowest BCUT2D eigenvalue weighted by atomic mass is 9.72. The molecule has 0 saturated heterocycles. The summed E-state index contributed by atoms with van der Waals surface area (Å²) in [4.78, 5) is 4.22. The highest BCUT2D eigenvalue weighted by Gasteiger charge is 2.54. The number of benzene rings is 1. The minimum atomic E-state index is -4.68. The van der Waals surface area contributed by atoms with E-state index >= 15 is 0 Å². The molecule has 0 saturated carbocycles. The minimum absolute atomic E-state index is 0.0680. The summed E-state index contributed by atoms with van der Waals surface area (Å²) in [7, 11) is 1.29. The van der Waals surface area contributed by atoms with E-state index in [4.69, 9.17) is 10.5 Å². The van der Waals surface area contributed by atoms with Gasteiger partial charge in [-0.15, -0.1) is 0 Å². The van der Waals surface area contributed by atoms with Gasteiger partial charge in [0.1, 0.15) is 5.54 Å². The number of aryl methyl sites for hydroxylation is 2. The number of nitrogens with two attached hydrogens (primary N) is 1. The second-order valence-corrected chi connectivity index (χ2v) is 7.99. The van der Waals surface area contributed by atoms with E-state index in [2.05, 4.69) is 4.98 Å². The Morgan fingerprint density at radius 2 is 1.75 bits per heavy atom. The van der Waals surface area contributed by atoms with Crippen LogP contribution in [0.1, 0.15) is 42.8 Å². The second kappa shape index (κ2) is 7.70. The van der Waals surface area contributed by atoms with Crippen molar-refractivity contribution >= 4 is 0 Å².